The summed E-state index contributed by atoms with van der Waals surface area (Å²) in [7, 11) is 4.68. The molecule has 0 atom stereocenters. The molecule has 2 rings (SSSR count). The molecule has 0 aromatic heterocycles. The number of carbonyl (C=O) groups is 1. The van der Waals surface area contributed by atoms with Gasteiger partial charge in [-0.1, -0.05) is 23.7 Å². The maximum absolute atomic E-state index is 12.1. The summed E-state index contributed by atoms with van der Waals surface area (Å²) in [5.74, 6) is 2.69. The molecule has 1 N–H and O–H groups in total. The van der Waals surface area contributed by atoms with Gasteiger partial charge in [-0.3, -0.25) is 4.79 Å². The number of thioether (sulfide) groups is 1. The highest BCUT2D eigenvalue weighted by molar-refractivity contribution is 7.99. The number of hydrogen-bond donors (Lipinski definition) is 1. The van der Waals surface area contributed by atoms with Crippen LogP contribution in [0.25, 0.3) is 0 Å². The first-order valence-corrected chi connectivity index (χ1v) is 9.49. The van der Waals surface area contributed by atoms with Crippen molar-refractivity contribution in [2.45, 2.75) is 12.3 Å². The van der Waals surface area contributed by atoms with Gasteiger partial charge in [-0.15, -0.1) is 11.8 Å². The van der Waals surface area contributed by atoms with E-state index in [1.807, 2.05) is 30.3 Å². The van der Waals surface area contributed by atoms with Crippen molar-refractivity contribution in [1.29, 1.82) is 0 Å². The van der Waals surface area contributed by atoms with Crippen LogP contribution in [0.5, 0.6) is 17.2 Å². The van der Waals surface area contributed by atoms with Gasteiger partial charge in [-0.25, -0.2) is 0 Å². The molecule has 26 heavy (non-hydrogen) atoms. The Labute approximate surface area is 163 Å². The fourth-order valence-electron chi connectivity index (χ4n) is 2.44. The minimum atomic E-state index is -0.0473. The van der Waals surface area contributed by atoms with E-state index in [0.29, 0.717) is 34.6 Å². The Morgan fingerprint density at radius 2 is 1.85 bits per heavy atom. The van der Waals surface area contributed by atoms with Gasteiger partial charge in [0.1, 0.15) is 0 Å². The van der Waals surface area contributed by atoms with Gasteiger partial charge in [0.05, 0.1) is 27.1 Å². The summed E-state index contributed by atoms with van der Waals surface area (Å²) < 4.78 is 16.0. The van der Waals surface area contributed by atoms with Crippen molar-refractivity contribution in [2.75, 3.05) is 27.1 Å². The molecular weight excluding hydrogens is 374 g/mol. The lowest BCUT2D eigenvalue weighted by Crippen LogP contribution is -2.25. The number of ether oxygens (including phenoxy) is 3. The second kappa shape index (κ2) is 10.2. The van der Waals surface area contributed by atoms with Gasteiger partial charge < -0.3 is 19.5 Å². The maximum Gasteiger partial charge on any atom is 0.230 e. The van der Waals surface area contributed by atoms with Crippen LogP contribution in [0.4, 0.5) is 0 Å². The van der Waals surface area contributed by atoms with Gasteiger partial charge in [-0.05, 0) is 29.8 Å². The first kappa shape index (κ1) is 20.3. The second-order valence-electron chi connectivity index (χ2n) is 5.39. The normalized spacial score (nSPS) is 10.3. The molecule has 0 unspecified atom stereocenters. The lowest BCUT2D eigenvalue weighted by molar-refractivity contribution is -0.118. The first-order valence-electron chi connectivity index (χ1n) is 7.95. The van der Waals surface area contributed by atoms with Crippen LogP contribution < -0.4 is 19.5 Å². The molecule has 0 radical (unpaired) electrons. The van der Waals surface area contributed by atoms with Gasteiger partial charge in [-0.2, -0.15) is 0 Å². The predicted molar refractivity (Wildman–Crippen MR) is 106 cm³/mol. The summed E-state index contributed by atoms with van der Waals surface area (Å²) in [5.41, 5.74) is 1.91. The molecule has 0 aliphatic heterocycles. The van der Waals surface area contributed by atoms with Crippen molar-refractivity contribution in [1.82, 2.24) is 5.32 Å². The zero-order valence-corrected chi connectivity index (χ0v) is 16.6. The minimum absolute atomic E-state index is 0.0473. The van der Waals surface area contributed by atoms with E-state index in [2.05, 4.69) is 5.32 Å². The van der Waals surface area contributed by atoms with E-state index in [0.717, 1.165) is 16.9 Å². The van der Waals surface area contributed by atoms with Crippen LogP contribution in [-0.2, 0) is 17.1 Å². The minimum Gasteiger partial charge on any atom is -0.493 e. The van der Waals surface area contributed by atoms with Crippen molar-refractivity contribution in [2.24, 2.45) is 0 Å². The summed E-state index contributed by atoms with van der Waals surface area (Å²) in [5, 5.41) is 3.60. The average molecular weight is 396 g/mol. The third-order valence-electron chi connectivity index (χ3n) is 3.65. The Bertz CT molecular complexity index is 754. The zero-order valence-electron chi connectivity index (χ0n) is 15.0. The van der Waals surface area contributed by atoms with Crippen LogP contribution in [0.15, 0.2) is 36.4 Å². The summed E-state index contributed by atoms with van der Waals surface area (Å²) in [6, 6.07) is 11.3. The highest BCUT2D eigenvalue weighted by atomic mass is 35.5. The monoisotopic (exact) mass is 395 g/mol. The van der Waals surface area contributed by atoms with Crippen LogP contribution >= 0.6 is 23.4 Å². The molecule has 0 saturated heterocycles. The van der Waals surface area contributed by atoms with Crippen LogP contribution in [0.2, 0.25) is 5.02 Å². The number of nitrogens with one attached hydrogen (secondary N) is 1. The van der Waals surface area contributed by atoms with Gasteiger partial charge in [0.15, 0.2) is 11.5 Å². The fourth-order valence-corrected chi connectivity index (χ4v) is 3.45. The number of benzene rings is 2. The highest BCUT2D eigenvalue weighted by Gasteiger charge is 2.16. The highest BCUT2D eigenvalue weighted by Crippen LogP contribution is 2.39. The molecule has 5 nitrogen and oxygen atoms in total. The lowest BCUT2D eigenvalue weighted by atomic mass is 10.1. The van der Waals surface area contributed by atoms with Crippen LogP contribution in [0, 0.1) is 0 Å². The topological polar surface area (TPSA) is 56.8 Å². The fraction of sp³-hybridized carbons (Fsp3) is 0.316. The molecular formula is C19H22ClNO4S. The molecule has 2 aromatic carbocycles. The molecule has 0 heterocycles. The van der Waals surface area contributed by atoms with Crippen molar-refractivity contribution < 1.29 is 19.0 Å². The lowest BCUT2D eigenvalue weighted by Gasteiger charge is -2.16. The van der Waals surface area contributed by atoms with Gasteiger partial charge >= 0.3 is 0 Å². The van der Waals surface area contributed by atoms with E-state index >= 15 is 0 Å². The Kier molecular flexibility index (Phi) is 7.94. The summed E-state index contributed by atoms with van der Waals surface area (Å²) in [6.07, 6.45) is 0. The molecule has 0 bridgehead atoms. The average Bonchev–Trinajstić information content (AvgIpc) is 2.65. The molecule has 1 amide bonds. The maximum atomic E-state index is 12.1. The van der Waals surface area contributed by atoms with Crippen molar-refractivity contribution >= 4 is 29.3 Å². The zero-order chi connectivity index (χ0) is 18.9. The molecule has 0 aliphatic rings. The van der Waals surface area contributed by atoms with Crippen LogP contribution in [0.3, 0.4) is 0 Å². The third kappa shape index (κ3) is 5.47. The van der Waals surface area contributed by atoms with Crippen LogP contribution in [-0.4, -0.2) is 33.0 Å². The van der Waals surface area contributed by atoms with E-state index in [1.54, 1.807) is 27.4 Å². The largest absolute Gasteiger partial charge is 0.493 e. The number of halogens is 1. The van der Waals surface area contributed by atoms with E-state index in [9.17, 15) is 4.79 Å². The van der Waals surface area contributed by atoms with Crippen LogP contribution in [0.1, 0.15) is 11.1 Å². The Hall–Kier alpha value is -2.05. The third-order valence-corrected chi connectivity index (χ3v) is 4.89. The Morgan fingerprint density at radius 1 is 1.08 bits per heavy atom. The van der Waals surface area contributed by atoms with Gasteiger partial charge in [0, 0.05) is 22.9 Å². The first-order chi connectivity index (χ1) is 12.6. The van der Waals surface area contributed by atoms with Crippen molar-refractivity contribution in [3.05, 3.63) is 52.5 Å². The molecule has 140 valence electrons. The number of methoxy groups -OCH3 is 3. The number of amides is 1. The molecule has 0 spiro atoms. The molecule has 2 aromatic rings. The molecule has 0 fully saturated rings. The summed E-state index contributed by atoms with van der Waals surface area (Å²) in [6.45, 7) is 0.347. The van der Waals surface area contributed by atoms with Gasteiger partial charge in [0.25, 0.3) is 0 Å². The summed E-state index contributed by atoms with van der Waals surface area (Å²) in [4.78, 5) is 12.1. The number of rotatable bonds is 9. The predicted octanol–water partition coefficient (Wildman–Crippen LogP) is 3.92. The van der Waals surface area contributed by atoms with E-state index in [1.165, 1.54) is 11.8 Å². The standard InChI is InChI=1S/C19H22ClNO4S/c1-23-16-8-7-14(18(24-2)19(16)25-3)10-21-17(22)12-26-11-13-5-4-6-15(20)9-13/h4-9H,10-12H2,1-3H3,(H,21,22). The second-order valence-corrected chi connectivity index (χ2v) is 6.81. The van der Waals surface area contributed by atoms with E-state index in [-0.39, 0.29) is 5.91 Å². The van der Waals surface area contributed by atoms with Gasteiger partial charge in [0.2, 0.25) is 11.7 Å². The SMILES string of the molecule is COc1ccc(CNC(=O)CSCc2cccc(Cl)c2)c(OC)c1OC. The van der Waals surface area contributed by atoms with Crippen molar-refractivity contribution in [3.63, 3.8) is 0 Å². The molecule has 0 saturated carbocycles. The number of hydrogen-bond acceptors (Lipinski definition) is 5. The summed E-state index contributed by atoms with van der Waals surface area (Å²) >= 11 is 7.49. The Balaban J connectivity index is 1.89. The van der Waals surface area contributed by atoms with E-state index in [4.69, 9.17) is 25.8 Å². The molecule has 0 aliphatic carbocycles. The smallest absolute Gasteiger partial charge is 0.230 e. The Morgan fingerprint density at radius 3 is 2.50 bits per heavy atom. The quantitative estimate of drug-likeness (QED) is 0.697. The number of carbonyl (C=O) groups excluding carboxylic acids is 1. The molecule has 7 heteroatoms. The van der Waals surface area contributed by atoms with E-state index < -0.39 is 0 Å². The van der Waals surface area contributed by atoms with Crippen molar-refractivity contribution in [3.8, 4) is 17.2 Å².